The molecule has 1 aromatic heterocycles. The van der Waals surface area contributed by atoms with Gasteiger partial charge in [-0.25, -0.2) is 0 Å². The molecule has 1 unspecified atom stereocenters. The molecule has 3 rings (SSSR count). The summed E-state index contributed by atoms with van der Waals surface area (Å²) in [5.74, 6) is 0.104. The van der Waals surface area contributed by atoms with E-state index in [2.05, 4.69) is 26.1 Å². The summed E-state index contributed by atoms with van der Waals surface area (Å²) in [4.78, 5) is 25.1. The Bertz CT molecular complexity index is 800. The summed E-state index contributed by atoms with van der Waals surface area (Å²) in [5, 5.41) is 4.89. The summed E-state index contributed by atoms with van der Waals surface area (Å²) in [7, 11) is 0. The maximum absolute atomic E-state index is 12.6. The Hall–Kier alpha value is -2.14. The summed E-state index contributed by atoms with van der Waals surface area (Å²) < 4.78 is 0. The topological polar surface area (TPSA) is 72.2 Å². The van der Waals surface area contributed by atoms with Gasteiger partial charge in [0.05, 0.1) is 5.56 Å². The van der Waals surface area contributed by atoms with Crippen LogP contribution in [0.4, 0.5) is 5.69 Å². The number of rotatable bonds is 3. The third-order valence-electron chi connectivity index (χ3n) is 5.05. The number of fused-ring (bicyclic) bond motifs is 1. The lowest BCUT2D eigenvalue weighted by Gasteiger charge is -2.34. The van der Waals surface area contributed by atoms with Gasteiger partial charge in [0.1, 0.15) is 0 Å². The van der Waals surface area contributed by atoms with E-state index < -0.39 is 5.91 Å². The van der Waals surface area contributed by atoms with E-state index in [0.29, 0.717) is 22.6 Å². The van der Waals surface area contributed by atoms with Crippen molar-refractivity contribution in [2.24, 2.45) is 17.1 Å². The molecule has 4 nitrogen and oxygen atoms in total. The second-order valence-electron chi connectivity index (χ2n) is 7.75. The van der Waals surface area contributed by atoms with Crippen molar-refractivity contribution in [2.45, 2.75) is 40.0 Å². The Morgan fingerprint density at radius 1 is 1.20 bits per heavy atom. The molecule has 132 valence electrons. The molecule has 25 heavy (non-hydrogen) atoms. The van der Waals surface area contributed by atoms with Crippen molar-refractivity contribution in [3.05, 3.63) is 51.2 Å². The fourth-order valence-electron chi connectivity index (χ4n) is 3.36. The lowest BCUT2D eigenvalue weighted by molar-refractivity contribution is 0.0998. The monoisotopic (exact) mass is 356 g/mol. The summed E-state index contributed by atoms with van der Waals surface area (Å²) in [6.07, 6.45) is 3.15. The van der Waals surface area contributed by atoms with Crippen LogP contribution in [0.5, 0.6) is 0 Å². The first-order chi connectivity index (χ1) is 11.8. The first kappa shape index (κ1) is 17.7. The second-order valence-corrected chi connectivity index (χ2v) is 8.72. The van der Waals surface area contributed by atoms with Crippen LogP contribution in [-0.2, 0) is 12.8 Å². The van der Waals surface area contributed by atoms with Gasteiger partial charge in [0.2, 0.25) is 5.91 Å². The Morgan fingerprint density at radius 3 is 2.48 bits per heavy atom. The van der Waals surface area contributed by atoms with E-state index in [9.17, 15) is 9.59 Å². The highest BCUT2D eigenvalue weighted by Crippen LogP contribution is 2.40. The van der Waals surface area contributed by atoms with Crippen LogP contribution < -0.4 is 11.1 Å². The molecule has 1 aliphatic carbocycles. The predicted octanol–water partition coefficient (Wildman–Crippen LogP) is 4.25. The van der Waals surface area contributed by atoms with Crippen molar-refractivity contribution in [2.75, 3.05) is 5.32 Å². The molecule has 1 aromatic carbocycles. The van der Waals surface area contributed by atoms with E-state index in [1.807, 2.05) is 5.38 Å². The van der Waals surface area contributed by atoms with Gasteiger partial charge in [-0.15, -0.1) is 11.3 Å². The Morgan fingerprint density at radius 2 is 1.88 bits per heavy atom. The smallest absolute Gasteiger partial charge is 0.256 e. The number of thiophene rings is 1. The first-order valence-electron chi connectivity index (χ1n) is 8.56. The number of carbonyl (C=O) groups excluding carboxylic acids is 2. The third-order valence-corrected chi connectivity index (χ3v) is 6.10. The molecule has 1 heterocycles. The van der Waals surface area contributed by atoms with Crippen LogP contribution in [0.15, 0.2) is 29.6 Å². The van der Waals surface area contributed by atoms with Crippen molar-refractivity contribution in [1.29, 1.82) is 0 Å². The highest BCUT2D eigenvalue weighted by molar-refractivity contribution is 7.10. The molecule has 1 aliphatic rings. The summed E-state index contributed by atoms with van der Waals surface area (Å²) in [6, 6.07) is 6.64. The molecular weight excluding hydrogens is 332 g/mol. The lowest BCUT2D eigenvalue weighted by Crippen LogP contribution is -2.27. The van der Waals surface area contributed by atoms with E-state index in [0.717, 1.165) is 24.8 Å². The molecule has 3 N–H and O–H groups in total. The maximum atomic E-state index is 12.6. The van der Waals surface area contributed by atoms with Crippen LogP contribution in [-0.4, -0.2) is 11.8 Å². The van der Waals surface area contributed by atoms with Gasteiger partial charge in [-0.05, 0) is 60.4 Å². The van der Waals surface area contributed by atoms with Gasteiger partial charge in [-0.1, -0.05) is 20.8 Å². The van der Waals surface area contributed by atoms with Gasteiger partial charge in [0, 0.05) is 21.5 Å². The number of primary amides is 1. The van der Waals surface area contributed by atoms with E-state index in [1.165, 1.54) is 10.4 Å². The molecule has 0 fully saturated rings. The maximum Gasteiger partial charge on any atom is 0.256 e. The Labute approximate surface area is 152 Å². The molecule has 1 atom stereocenters. The number of hydrogen-bond donors (Lipinski definition) is 2. The second kappa shape index (κ2) is 6.64. The van der Waals surface area contributed by atoms with E-state index in [4.69, 9.17) is 5.73 Å². The largest absolute Gasteiger partial charge is 0.366 e. The molecule has 0 bridgehead atoms. The highest BCUT2D eigenvalue weighted by atomic mass is 32.1. The minimum Gasteiger partial charge on any atom is -0.366 e. The summed E-state index contributed by atoms with van der Waals surface area (Å²) in [6.45, 7) is 6.87. The first-order valence-corrected chi connectivity index (χ1v) is 9.44. The number of anilines is 1. The van der Waals surface area contributed by atoms with Gasteiger partial charge in [0.25, 0.3) is 5.91 Å². The van der Waals surface area contributed by atoms with E-state index >= 15 is 0 Å². The van der Waals surface area contributed by atoms with Crippen LogP contribution in [0.2, 0.25) is 0 Å². The fourth-order valence-corrected chi connectivity index (χ4v) is 4.52. The summed E-state index contributed by atoms with van der Waals surface area (Å²) in [5.41, 5.74) is 8.62. The molecule has 0 saturated heterocycles. The normalized spacial score (nSPS) is 17.0. The Balaban J connectivity index is 1.74. The lowest BCUT2D eigenvalue weighted by atomic mass is 9.72. The van der Waals surface area contributed by atoms with Gasteiger partial charge in [-0.3, -0.25) is 9.59 Å². The number of benzene rings is 1. The van der Waals surface area contributed by atoms with Crippen LogP contribution in [0.3, 0.4) is 0 Å². The number of amides is 2. The van der Waals surface area contributed by atoms with E-state index in [1.54, 1.807) is 35.6 Å². The minimum atomic E-state index is -0.474. The quantitative estimate of drug-likeness (QED) is 0.863. The van der Waals surface area contributed by atoms with Gasteiger partial charge in [-0.2, -0.15) is 0 Å². The average molecular weight is 356 g/mol. The average Bonchev–Trinajstić information content (AvgIpc) is 2.97. The zero-order chi connectivity index (χ0) is 18.2. The van der Waals surface area contributed by atoms with Gasteiger partial charge < -0.3 is 11.1 Å². The number of nitrogens with one attached hydrogen (secondary N) is 1. The molecular formula is C20H24N2O2S. The predicted molar refractivity (Wildman–Crippen MR) is 102 cm³/mol. The van der Waals surface area contributed by atoms with Crippen molar-refractivity contribution >= 4 is 28.8 Å². The number of carbonyl (C=O) groups is 2. The van der Waals surface area contributed by atoms with Crippen LogP contribution in [0, 0.1) is 11.3 Å². The molecule has 5 heteroatoms. The van der Waals surface area contributed by atoms with Gasteiger partial charge >= 0.3 is 0 Å². The SMILES string of the molecule is CC(C)(C)C1CCc2c(C(=O)Nc3ccc(C(N)=O)cc3)csc2C1. The highest BCUT2D eigenvalue weighted by Gasteiger charge is 2.31. The zero-order valence-corrected chi connectivity index (χ0v) is 15.7. The number of hydrogen-bond acceptors (Lipinski definition) is 3. The van der Waals surface area contributed by atoms with Crippen molar-refractivity contribution in [3.8, 4) is 0 Å². The van der Waals surface area contributed by atoms with Crippen molar-refractivity contribution < 1.29 is 9.59 Å². The third kappa shape index (κ3) is 3.76. The molecule has 2 amide bonds. The van der Waals surface area contributed by atoms with Crippen molar-refractivity contribution in [3.63, 3.8) is 0 Å². The molecule has 0 aliphatic heterocycles. The molecule has 2 aromatic rings. The standard InChI is InChI=1S/C20H24N2O2S/c1-20(2,3)13-6-9-15-16(11-25-17(15)10-13)19(24)22-14-7-4-12(5-8-14)18(21)23/h4-5,7-8,11,13H,6,9-10H2,1-3H3,(H2,21,23)(H,22,24). The summed E-state index contributed by atoms with van der Waals surface area (Å²) >= 11 is 1.70. The van der Waals surface area contributed by atoms with Gasteiger partial charge in [0.15, 0.2) is 0 Å². The van der Waals surface area contributed by atoms with Crippen LogP contribution >= 0.6 is 11.3 Å². The van der Waals surface area contributed by atoms with Crippen LogP contribution in [0.1, 0.15) is 58.3 Å². The Kier molecular flexibility index (Phi) is 4.69. The minimum absolute atomic E-state index is 0.0847. The van der Waals surface area contributed by atoms with E-state index in [-0.39, 0.29) is 5.91 Å². The molecule has 0 spiro atoms. The molecule has 0 radical (unpaired) electrons. The fraction of sp³-hybridized carbons (Fsp3) is 0.400. The molecule has 0 saturated carbocycles. The zero-order valence-electron chi connectivity index (χ0n) is 14.9. The van der Waals surface area contributed by atoms with Crippen LogP contribution in [0.25, 0.3) is 0 Å². The van der Waals surface area contributed by atoms with Crippen molar-refractivity contribution in [1.82, 2.24) is 0 Å². The number of nitrogens with two attached hydrogens (primary N) is 1.